The molecule has 1 unspecified atom stereocenters. The molecule has 1 aliphatic heterocycles. The lowest BCUT2D eigenvalue weighted by Crippen LogP contribution is -2.35. The summed E-state index contributed by atoms with van der Waals surface area (Å²) in [7, 11) is 1.75. The summed E-state index contributed by atoms with van der Waals surface area (Å²) in [4.78, 5) is 10.4. The van der Waals surface area contributed by atoms with Gasteiger partial charge in [-0.2, -0.15) is 5.10 Å². The first-order chi connectivity index (χ1) is 10.5. The lowest BCUT2D eigenvalue weighted by Gasteiger charge is -2.33. The fourth-order valence-corrected chi connectivity index (χ4v) is 2.74. The molecular formula is C13H13FN4O3S. The van der Waals surface area contributed by atoms with Gasteiger partial charge >= 0.3 is 0 Å². The van der Waals surface area contributed by atoms with E-state index in [0.717, 1.165) is 6.07 Å². The van der Waals surface area contributed by atoms with Gasteiger partial charge in [0, 0.05) is 19.0 Å². The average Bonchev–Trinajstić information content (AvgIpc) is 2.73. The minimum Gasteiger partial charge on any atom is -0.381 e. The highest BCUT2D eigenvalue weighted by Gasteiger charge is 2.35. The Hall–Kier alpha value is -2.13. The van der Waals surface area contributed by atoms with Crippen molar-refractivity contribution in [2.75, 3.05) is 13.2 Å². The molecule has 0 spiro atoms. The Morgan fingerprint density at radius 2 is 2.27 bits per heavy atom. The van der Waals surface area contributed by atoms with Crippen molar-refractivity contribution in [1.29, 1.82) is 0 Å². The first-order valence-electron chi connectivity index (χ1n) is 6.61. The number of benzene rings is 1. The molecule has 3 rings (SSSR count). The Bertz CT molecular complexity index is 784. The van der Waals surface area contributed by atoms with E-state index in [9.17, 15) is 14.5 Å². The summed E-state index contributed by atoms with van der Waals surface area (Å²) >= 11 is 5.11. The van der Waals surface area contributed by atoms with Gasteiger partial charge in [-0.1, -0.05) is 0 Å². The third-order valence-corrected chi connectivity index (χ3v) is 4.17. The minimum absolute atomic E-state index is 0.0744. The van der Waals surface area contributed by atoms with Crippen LogP contribution in [0.2, 0.25) is 0 Å². The molecule has 0 bridgehead atoms. The Kier molecular flexibility index (Phi) is 3.75. The third kappa shape index (κ3) is 2.53. The van der Waals surface area contributed by atoms with E-state index in [-0.39, 0.29) is 17.5 Å². The van der Waals surface area contributed by atoms with Crippen molar-refractivity contribution in [3.63, 3.8) is 0 Å². The van der Waals surface area contributed by atoms with E-state index in [1.54, 1.807) is 11.6 Å². The van der Waals surface area contributed by atoms with Gasteiger partial charge in [-0.15, -0.1) is 0 Å². The maximum absolute atomic E-state index is 13.8. The van der Waals surface area contributed by atoms with Gasteiger partial charge < -0.3 is 9.30 Å². The lowest BCUT2D eigenvalue weighted by molar-refractivity contribution is -0.385. The lowest BCUT2D eigenvalue weighted by atomic mass is 9.83. The van der Waals surface area contributed by atoms with Gasteiger partial charge in [-0.25, -0.2) is 4.39 Å². The number of rotatable bonds is 4. The van der Waals surface area contributed by atoms with Crippen LogP contribution in [0, 0.1) is 26.6 Å². The molecule has 1 fully saturated rings. The van der Waals surface area contributed by atoms with Gasteiger partial charge in [0.2, 0.25) is 0 Å². The summed E-state index contributed by atoms with van der Waals surface area (Å²) in [6, 6.07) is 3.58. The zero-order valence-corrected chi connectivity index (χ0v) is 12.5. The first-order valence-corrected chi connectivity index (χ1v) is 7.02. The molecule has 116 valence electrons. The molecule has 7 nitrogen and oxygen atoms in total. The number of ether oxygens (including phenoxy) is 1. The van der Waals surface area contributed by atoms with Crippen LogP contribution in [0.15, 0.2) is 18.2 Å². The number of aromatic amines is 1. The van der Waals surface area contributed by atoms with E-state index in [4.69, 9.17) is 17.0 Å². The van der Waals surface area contributed by atoms with Crippen molar-refractivity contribution in [1.82, 2.24) is 14.8 Å². The van der Waals surface area contributed by atoms with Gasteiger partial charge in [0.25, 0.3) is 5.69 Å². The van der Waals surface area contributed by atoms with E-state index in [2.05, 4.69) is 10.2 Å². The zero-order chi connectivity index (χ0) is 15.9. The van der Waals surface area contributed by atoms with Crippen LogP contribution in [-0.4, -0.2) is 32.9 Å². The highest BCUT2D eigenvalue weighted by molar-refractivity contribution is 7.71. The quantitative estimate of drug-likeness (QED) is 0.530. The molecule has 1 atom stereocenters. The molecule has 0 radical (unpaired) electrons. The normalized spacial score (nSPS) is 16.3. The Balaban J connectivity index is 2.12. The SMILES string of the molecule is Cn1c(C(c2cc(F)cc([N+](=O)[O-])c2)C2COC2)n[nH]c1=S. The predicted octanol–water partition coefficient (Wildman–Crippen LogP) is 2.30. The van der Waals surface area contributed by atoms with E-state index in [0.29, 0.717) is 29.4 Å². The molecule has 2 aromatic rings. The molecule has 22 heavy (non-hydrogen) atoms. The number of hydrogen-bond acceptors (Lipinski definition) is 5. The fourth-order valence-electron chi connectivity index (χ4n) is 2.60. The molecule has 2 heterocycles. The van der Waals surface area contributed by atoms with Crippen LogP contribution in [0.5, 0.6) is 0 Å². The molecule has 1 N–H and O–H groups in total. The van der Waals surface area contributed by atoms with Gasteiger partial charge in [0.05, 0.1) is 30.1 Å². The Morgan fingerprint density at radius 3 is 2.77 bits per heavy atom. The summed E-state index contributed by atoms with van der Waals surface area (Å²) in [5.74, 6) is -0.282. The number of hydrogen-bond donors (Lipinski definition) is 1. The maximum Gasteiger partial charge on any atom is 0.272 e. The number of nitrogens with zero attached hydrogens (tertiary/aromatic N) is 3. The summed E-state index contributed by atoms with van der Waals surface area (Å²) in [6.07, 6.45) is 0. The van der Waals surface area contributed by atoms with Crippen LogP contribution in [0.3, 0.4) is 0 Å². The highest BCUT2D eigenvalue weighted by Crippen LogP contribution is 2.36. The molecule has 9 heteroatoms. The molecule has 1 aliphatic rings. The number of nitro groups is 1. The topological polar surface area (TPSA) is 86.0 Å². The minimum atomic E-state index is -0.647. The van der Waals surface area contributed by atoms with Gasteiger partial charge in [0.1, 0.15) is 11.6 Å². The second-order valence-corrected chi connectivity index (χ2v) is 5.61. The van der Waals surface area contributed by atoms with Crippen molar-refractivity contribution in [3.05, 3.63) is 50.3 Å². The van der Waals surface area contributed by atoms with Crippen molar-refractivity contribution < 1.29 is 14.1 Å². The molecule has 1 aromatic carbocycles. The number of aromatic nitrogens is 3. The van der Waals surface area contributed by atoms with Gasteiger partial charge in [0.15, 0.2) is 4.77 Å². The smallest absolute Gasteiger partial charge is 0.272 e. The average molecular weight is 324 g/mol. The third-order valence-electron chi connectivity index (χ3n) is 3.80. The van der Waals surface area contributed by atoms with Crippen LogP contribution >= 0.6 is 12.2 Å². The fraction of sp³-hybridized carbons (Fsp3) is 0.385. The maximum atomic E-state index is 13.8. The van der Waals surface area contributed by atoms with E-state index >= 15 is 0 Å². The van der Waals surface area contributed by atoms with Crippen molar-refractivity contribution >= 4 is 17.9 Å². The number of halogens is 1. The molecule has 0 amide bonds. The molecule has 1 aromatic heterocycles. The highest BCUT2D eigenvalue weighted by atomic mass is 32.1. The Morgan fingerprint density at radius 1 is 1.55 bits per heavy atom. The molecule has 1 saturated heterocycles. The second-order valence-electron chi connectivity index (χ2n) is 5.22. The number of non-ortho nitro benzene ring substituents is 1. The van der Waals surface area contributed by atoms with E-state index < -0.39 is 10.7 Å². The number of nitrogens with one attached hydrogen (secondary N) is 1. The zero-order valence-electron chi connectivity index (χ0n) is 11.7. The van der Waals surface area contributed by atoms with Gasteiger partial charge in [-0.3, -0.25) is 15.2 Å². The van der Waals surface area contributed by atoms with Crippen LogP contribution in [0.1, 0.15) is 17.3 Å². The van der Waals surface area contributed by atoms with Crippen LogP contribution in [0.25, 0.3) is 0 Å². The van der Waals surface area contributed by atoms with Crippen LogP contribution < -0.4 is 0 Å². The van der Waals surface area contributed by atoms with Crippen molar-refractivity contribution in [3.8, 4) is 0 Å². The van der Waals surface area contributed by atoms with Crippen molar-refractivity contribution in [2.24, 2.45) is 13.0 Å². The summed E-state index contributed by atoms with van der Waals surface area (Å²) < 4.78 is 21.1. The van der Waals surface area contributed by atoms with Crippen LogP contribution in [0.4, 0.5) is 10.1 Å². The number of H-pyrrole nitrogens is 1. The summed E-state index contributed by atoms with van der Waals surface area (Å²) in [5, 5.41) is 17.8. The standard InChI is InChI=1S/C13H13FN4O3S/c1-17-12(15-16-13(17)22)11(8-5-21-6-8)7-2-9(14)4-10(3-7)18(19)20/h2-4,8,11H,5-6H2,1H3,(H,16,22). The van der Waals surface area contributed by atoms with E-state index in [1.807, 2.05) is 0 Å². The summed E-state index contributed by atoms with van der Waals surface area (Å²) in [6.45, 7) is 0.989. The Labute approximate surface area is 129 Å². The number of nitro benzene ring substituents is 1. The molecule has 0 aliphatic carbocycles. The second kappa shape index (κ2) is 5.58. The largest absolute Gasteiger partial charge is 0.381 e. The first kappa shape index (κ1) is 14.8. The van der Waals surface area contributed by atoms with Crippen LogP contribution in [-0.2, 0) is 11.8 Å². The molecular weight excluding hydrogens is 311 g/mol. The van der Waals surface area contributed by atoms with Crippen molar-refractivity contribution in [2.45, 2.75) is 5.92 Å². The monoisotopic (exact) mass is 324 g/mol. The predicted molar refractivity (Wildman–Crippen MR) is 77.6 cm³/mol. The summed E-state index contributed by atoms with van der Waals surface area (Å²) in [5.41, 5.74) is 0.217. The van der Waals surface area contributed by atoms with E-state index in [1.165, 1.54) is 12.1 Å². The van der Waals surface area contributed by atoms with Gasteiger partial charge in [-0.05, 0) is 23.8 Å². The molecule has 0 saturated carbocycles.